The Morgan fingerprint density at radius 1 is 1.10 bits per heavy atom. The van der Waals surface area contributed by atoms with E-state index in [0.29, 0.717) is 18.2 Å². The summed E-state index contributed by atoms with van der Waals surface area (Å²) in [5.74, 6) is 1.02. The molecule has 0 saturated carbocycles. The van der Waals surface area contributed by atoms with Crippen molar-refractivity contribution in [1.29, 1.82) is 0 Å². The highest BCUT2D eigenvalue weighted by Crippen LogP contribution is 2.34. The van der Waals surface area contributed by atoms with Crippen LogP contribution >= 0.6 is 0 Å². The largest absolute Gasteiger partial charge is 0.491 e. The maximum Gasteiger partial charge on any atom is 0.259 e. The van der Waals surface area contributed by atoms with Crippen molar-refractivity contribution >= 4 is 11.6 Å². The van der Waals surface area contributed by atoms with Crippen molar-refractivity contribution < 1.29 is 14.3 Å². The smallest absolute Gasteiger partial charge is 0.259 e. The first-order chi connectivity index (χ1) is 14.1. The first-order valence-electron chi connectivity index (χ1n) is 9.70. The molecule has 1 amide bonds. The highest BCUT2D eigenvalue weighted by molar-refractivity contribution is 6.10. The Balaban J connectivity index is 1.60. The number of carbonyl (C=O) groups excluding carboxylic acids is 1. The molecule has 2 aromatic heterocycles. The fourth-order valence-corrected chi connectivity index (χ4v) is 3.53. The van der Waals surface area contributed by atoms with Crippen LogP contribution in [0.15, 0.2) is 42.9 Å². The van der Waals surface area contributed by atoms with Crippen molar-refractivity contribution in [1.82, 2.24) is 14.8 Å². The van der Waals surface area contributed by atoms with Gasteiger partial charge in [0.25, 0.3) is 11.8 Å². The van der Waals surface area contributed by atoms with Crippen molar-refractivity contribution in [2.45, 2.75) is 32.9 Å². The van der Waals surface area contributed by atoms with E-state index in [2.05, 4.69) is 17.0 Å². The summed E-state index contributed by atoms with van der Waals surface area (Å²) < 4.78 is 12.5. The molecule has 1 aliphatic rings. The van der Waals surface area contributed by atoms with Crippen LogP contribution in [0, 0.1) is 0 Å². The summed E-state index contributed by atoms with van der Waals surface area (Å²) >= 11 is 0. The molecule has 7 heteroatoms. The zero-order chi connectivity index (χ0) is 20.4. The summed E-state index contributed by atoms with van der Waals surface area (Å²) in [5, 5.41) is 4.38. The number of hydrogen-bond acceptors (Lipinski definition) is 5. The minimum atomic E-state index is 0.00651. The molecule has 150 valence electrons. The Labute approximate surface area is 169 Å². The lowest BCUT2D eigenvalue weighted by Gasteiger charge is -2.12. The van der Waals surface area contributed by atoms with Gasteiger partial charge >= 0.3 is 0 Å². The van der Waals surface area contributed by atoms with Crippen LogP contribution in [0.4, 0.5) is 5.69 Å². The van der Waals surface area contributed by atoms with Gasteiger partial charge in [0.2, 0.25) is 0 Å². The van der Waals surface area contributed by atoms with E-state index in [1.54, 1.807) is 31.5 Å². The SMILES string of the molecule is CCCCn1cc(N2Cc3cc(-c4cnc(OC)c(OC)c4)ccc3C2=O)cn1. The Morgan fingerprint density at radius 3 is 2.72 bits per heavy atom. The molecule has 1 aromatic carbocycles. The number of amides is 1. The molecule has 0 unspecified atom stereocenters. The molecule has 0 aliphatic carbocycles. The third kappa shape index (κ3) is 3.55. The van der Waals surface area contributed by atoms with Crippen LogP contribution in [0.3, 0.4) is 0 Å². The lowest BCUT2D eigenvalue weighted by molar-refractivity contribution is 0.0996. The second-order valence-electron chi connectivity index (χ2n) is 7.01. The van der Waals surface area contributed by atoms with Gasteiger partial charge in [0.1, 0.15) is 0 Å². The predicted octanol–water partition coefficient (Wildman–Crippen LogP) is 3.92. The summed E-state index contributed by atoms with van der Waals surface area (Å²) in [5.41, 5.74) is 4.43. The van der Waals surface area contributed by atoms with E-state index in [-0.39, 0.29) is 5.91 Å². The van der Waals surface area contributed by atoms with Gasteiger partial charge in [0, 0.05) is 30.1 Å². The molecule has 7 nitrogen and oxygen atoms in total. The van der Waals surface area contributed by atoms with Crippen LogP contribution in [-0.2, 0) is 13.1 Å². The first-order valence-corrected chi connectivity index (χ1v) is 9.70. The third-order valence-corrected chi connectivity index (χ3v) is 5.15. The number of aromatic nitrogens is 3. The molecule has 4 rings (SSSR count). The number of unbranched alkanes of at least 4 members (excludes halogenated alkanes) is 1. The Kier molecular flexibility index (Phi) is 5.20. The zero-order valence-corrected chi connectivity index (χ0v) is 16.9. The third-order valence-electron chi connectivity index (χ3n) is 5.15. The van der Waals surface area contributed by atoms with Gasteiger partial charge in [-0.3, -0.25) is 9.48 Å². The number of anilines is 1. The summed E-state index contributed by atoms with van der Waals surface area (Å²) in [6.07, 6.45) is 7.63. The molecular formula is C22H24N4O3. The van der Waals surface area contributed by atoms with Crippen LogP contribution in [0.2, 0.25) is 0 Å². The minimum absolute atomic E-state index is 0.00651. The number of methoxy groups -OCH3 is 2. The predicted molar refractivity (Wildman–Crippen MR) is 110 cm³/mol. The van der Waals surface area contributed by atoms with Crippen LogP contribution in [0.25, 0.3) is 11.1 Å². The fourth-order valence-electron chi connectivity index (χ4n) is 3.53. The maximum atomic E-state index is 12.9. The molecule has 0 fully saturated rings. The summed E-state index contributed by atoms with van der Waals surface area (Å²) in [6, 6.07) is 7.75. The van der Waals surface area contributed by atoms with Gasteiger partial charge in [-0.1, -0.05) is 19.4 Å². The quantitative estimate of drug-likeness (QED) is 0.609. The monoisotopic (exact) mass is 392 g/mol. The summed E-state index contributed by atoms with van der Waals surface area (Å²) in [6.45, 7) is 3.54. The normalized spacial score (nSPS) is 12.9. The number of carbonyl (C=O) groups is 1. The van der Waals surface area contributed by atoms with Crippen LogP contribution in [0.1, 0.15) is 35.7 Å². The van der Waals surface area contributed by atoms with Crippen molar-refractivity contribution in [3.63, 3.8) is 0 Å². The lowest BCUT2D eigenvalue weighted by atomic mass is 10.0. The van der Waals surface area contributed by atoms with Gasteiger partial charge in [0.15, 0.2) is 5.75 Å². The Bertz CT molecular complexity index is 1040. The van der Waals surface area contributed by atoms with Gasteiger partial charge in [-0.25, -0.2) is 4.98 Å². The van der Waals surface area contributed by atoms with Crippen molar-refractivity contribution in [3.05, 3.63) is 54.0 Å². The van der Waals surface area contributed by atoms with Gasteiger partial charge < -0.3 is 14.4 Å². The van der Waals surface area contributed by atoms with Gasteiger partial charge in [-0.15, -0.1) is 0 Å². The number of pyridine rings is 1. The molecule has 1 aliphatic heterocycles. The second-order valence-corrected chi connectivity index (χ2v) is 7.01. The van der Waals surface area contributed by atoms with E-state index >= 15 is 0 Å². The van der Waals surface area contributed by atoms with Gasteiger partial charge in [0.05, 0.1) is 32.6 Å². The van der Waals surface area contributed by atoms with E-state index in [1.807, 2.05) is 35.1 Å². The minimum Gasteiger partial charge on any atom is -0.491 e. The van der Waals surface area contributed by atoms with E-state index in [0.717, 1.165) is 47.3 Å². The fraction of sp³-hybridized carbons (Fsp3) is 0.318. The molecular weight excluding hydrogens is 368 g/mol. The molecule has 0 bridgehead atoms. The van der Waals surface area contributed by atoms with E-state index in [9.17, 15) is 4.79 Å². The molecule has 3 aromatic rings. The maximum absolute atomic E-state index is 12.9. The molecule has 0 saturated heterocycles. The number of hydrogen-bond donors (Lipinski definition) is 0. The number of nitrogens with zero attached hydrogens (tertiary/aromatic N) is 4. The average molecular weight is 392 g/mol. The Hall–Kier alpha value is -3.35. The standard InChI is InChI=1S/C22H24N4O3/c1-4-5-8-25-14-18(12-24-25)26-13-17-9-15(6-7-19(17)22(26)27)16-10-20(28-2)21(29-3)23-11-16/h6-7,9-12,14H,4-5,8,13H2,1-3H3. The molecule has 3 heterocycles. The second kappa shape index (κ2) is 7.95. The number of rotatable bonds is 7. The lowest BCUT2D eigenvalue weighted by Crippen LogP contribution is -2.22. The molecule has 0 N–H and O–H groups in total. The highest BCUT2D eigenvalue weighted by atomic mass is 16.5. The summed E-state index contributed by atoms with van der Waals surface area (Å²) in [4.78, 5) is 19.0. The number of ether oxygens (including phenoxy) is 2. The molecule has 0 radical (unpaired) electrons. The van der Waals surface area contributed by atoms with Crippen molar-refractivity contribution in [3.8, 4) is 22.8 Å². The van der Waals surface area contributed by atoms with Crippen LogP contribution in [0.5, 0.6) is 11.6 Å². The Morgan fingerprint density at radius 2 is 1.97 bits per heavy atom. The molecule has 0 atom stereocenters. The van der Waals surface area contributed by atoms with Crippen molar-refractivity contribution in [2.24, 2.45) is 0 Å². The average Bonchev–Trinajstić information content (AvgIpc) is 3.35. The summed E-state index contributed by atoms with van der Waals surface area (Å²) in [7, 11) is 3.15. The van der Waals surface area contributed by atoms with Crippen molar-refractivity contribution in [2.75, 3.05) is 19.1 Å². The highest BCUT2D eigenvalue weighted by Gasteiger charge is 2.29. The number of benzene rings is 1. The molecule has 29 heavy (non-hydrogen) atoms. The van der Waals surface area contributed by atoms with E-state index in [4.69, 9.17) is 9.47 Å². The molecule has 0 spiro atoms. The van der Waals surface area contributed by atoms with Crippen LogP contribution in [-0.4, -0.2) is 34.9 Å². The van der Waals surface area contributed by atoms with E-state index < -0.39 is 0 Å². The number of fused-ring (bicyclic) bond motifs is 1. The zero-order valence-electron chi connectivity index (χ0n) is 16.9. The number of aryl methyl sites for hydroxylation is 1. The topological polar surface area (TPSA) is 69.5 Å². The van der Waals surface area contributed by atoms with E-state index in [1.165, 1.54) is 0 Å². The van der Waals surface area contributed by atoms with Gasteiger partial charge in [-0.05, 0) is 35.7 Å². The van der Waals surface area contributed by atoms with Gasteiger partial charge in [-0.2, -0.15) is 5.10 Å². The van der Waals surface area contributed by atoms with Crippen LogP contribution < -0.4 is 14.4 Å². The first kappa shape index (κ1) is 19.0.